The Morgan fingerprint density at radius 2 is 2.00 bits per heavy atom. The van der Waals surface area contributed by atoms with Gasteiger partial charge in [-0.3, -0.25) is 14.3 Å². The van der Waals surface area contributed by atoms with Crippen molar-refractivity contribution >= 4 is 33.2 Å². The minimum absolute atomic E-state index is 0.0554. The molecule has 5 heterocycles. The number of benzene rings is 2. The molecule has 2 aromatic carbocycles. The van der Waals surface area contributed by atoms with Gasteiger partial charge in [0.15, 0.2) is 0 Å². The molecule has 0 bridgehead atoms. The Hall–Kier alpha value is -4.90. The predicted octanol–water partition coefficient (Wildman–Crippen LogP) is 6.76. The normalized spacial score (nSPS) is 16.0. The first-order valence-corrected chi connectivity index (χ1v) is 15.5. The number of halogens is 2. The number of likely N-dealkylation sites (tertiary alicyclic amines) is 1. The van der Waals surface area contributed by atoms with Crippen LogP contribution in [0.15, 0.2) is 66.8 Å². The third-order valence-electron chi connectivity index (χ3n) is 8.20. The standard InChI is InChI=1S/C34H29F2N5O3S/c1-4-28(42)40-9-7-23(17-40)41-16-21(15-38-41)32-30(29-26(36)12-22(35)13-27(29)44-18(2)3)33-25(8-10-45-33)31(39-32)19-5-6-24-20(11-19)14-37-34(24)43/h4-6,8,10-13,15-16,18,23H,1,7,9,14,17H2,2-3H3,(H,37,43). The molecule has 45 heavy (non-hydrogen) atoms. The van der Waals surface area contributed by atoms with Crippen LogP contribution in [0, 0.1) is 11.6 Å². The number of carbonyl (C=O) groups is 2. The lowest BCUT2D eigenvalue weighted by molar-refractivity contribution is -0.125. The Morgan fingerprint density at radius 1 is 1.16 bits per heavy atom. The number of hydrogen-bond donors (Lipinski definition) is 1. The molecule has 7 rings (SSSR count). The Balaban J connectivity index is 1.45. The van der Waals surface area contributed by atoms with Crippen LogP contribution in [0.4, 0.5) is 8.78 Å². The third kappa shape index (κ3) is 5.06. The molecule has 5 aromatic rings. The molecule has 2 amide bonds. The van der Waals surface area contributed by atoms with E-state index in [0.29, 0.717) is 47.7 Å². The van der Waals surface area contributed by atoms with Crippen molar-refractivity contribution in [3.05, 3.63) is 89.6 Å². The fourth-order valence-electron chi connectivity index (χ4n) is 6.15. The minimum atomic E-state index is -0.764. The molecule has 0 radical (unpaired) electrons. The summed E-state index contributed by atoms with van der Waals surface area (Å²) in [5.41, 5.74) is 4.65. The smallest absolute Gasteiger partial charge is 0.251 e. The van der Waals surface area contributed by atoms with Crippen LogP contribution in [0.2, 0.25) is 0 Å². The highest BCUT2D eigenvalue weighted by Gasteiger charge is 2.30. The van der Waals surface area contributed by atoms with Crippen molar-refractivity contribution in [3.63, 3.8) is 0 Å². The second-order valence-corrected chi connectivity index (χ2v) is 12.4. The minimum Gasteiger partial charge on any atom is -0.490 e. The molecule has 228 valence electrons. The number of nitrogens with one attached hydrogen (secondary N) is 1. The van der Waals surface area contributed by atoms with Crippen LogP contribution in [0.3, 0.4) is 0 Å². The highest BCUT2D eigenvalue weighted by molar-refractivity contribution is 7.18. The van der Waals surface area contributed by atoms with E-state index in [2.05, 4.69) is 17.0 Å². The Bertz CT molecular complexity index is 2020. The molecular weight excluding hydrogens is 596 g/mol. The lowest BCUT2D eigenvalue weighted by Gasteiger charge is -2.19. The zero-order valence-electron chi connectivity index (χ0n) is 24.6. The molecular formula is C34H29F2N5O3S. The van der Waals surface area contributed by atoms with Crippen molar-refractivity contribution in [2.45, 2.75) is 39.0 Å². The molecule has 0 spiro atoms. The average molecular weight is 626 g/mol. The molecule has 2 aliphatic heterocycles. The number of carbonyl (C=O) groups excluding carboxylic acids is 2. The maximum atomic E-state index is 15.9. The lowest BCUT2D eigenvalue weighted by atomic mass is 9.95. The third-order valence-corrected chi connectivity index (χ3v) is 9.13. The van der Waals surface area contributed by atoms with Gasteiger partial charge in [0.2, 0.25) is 5.91 Å². The summed E-state index contributed by atoms with van der Waals surface area (Å²) in [6.07, 6.45) is 5.23. The van der Waals surface area contributed by atoms with Gasteiger partial charge in [0.25, 0.3) is 5.91 Å². The molecule has 0 aliphatic carbocycles. The van der Waals surface area contributed by atoms with Crippen LogP contribution < -0.4 is 10.1 Å². The van der Waals surface area contributed by atoms with Gasteiger partial charge in [-0.1, -0.05) is 12.6 Å². The van der Waals surface area contributed by atoms with Crippen molar-refractivity contribution in [1.29, 1.82) is 0 Å². The van der Waals surface area contributed by atoms with Gasteiger partial charge in [0.05, 0.1) is 35.3 Å². The highest BCUT2D eigenvalue weighted by atomic mass is 32.1. The number of amides is 2. The SMILES string of the molecule is C=CC(=O)N1CCC(n2cc(-c3nc(-c4ccc5c(c4)CNC5=O)c4ccsc4c3-c3c(F)cc(F)cc3OC(C)C)cn2)C1. The van der Waals surface area contributed by atoms with E-state index in [1.807, 2.05) is 34.5 Å². The van der Waals surface area contributed by atoms with Crippen LogP contribution in [-0.4, -0.2) is 50.7 Å². The quantitative estimate of drug-likeness (QED) is 0.202. The van der Waals surface area contributed by atoms with Gasteiger partial charge in [-0.15, -0.1) is 11.3 Å². The van der Waals surface area contributed by atoms with Crippen LogP contribution in [0.5, 0.6) is 5.75 Å². The topological polar surface area (TPSA) is 89.4 Å². The van der Waals surface area contributed by atoms with E-state index in [1.54, 1.807) is 31.0 Å². The maximum absolute atomic E-state index is 15.9. The monoisotopic (exact) mass is 625 g/mol. The fourth-order valence-corrected chi connectivity index (χ4v) is 7.10. The van der Waals surface area contributed by atoms with Crippen LogP contribution >= 0.6 is 11.3 Å². The van der Waals surface area contributed by atoms with Gasteiger partial charge < -0.3 is 15.0 Å². The highest BCUT2D eigenvalue weighted by Crippen LogP contribution is 2.47. The van der Waals surface area contributed by atoms with E-state index in [0.717, 1.165) is 33.7 Å². The first kappa shape index (κ1) is 28.8. The number of nitrogens with zero attached hydrogens (tertiary/aromatic N) is 4. The molecule has 0 saturated carbocycles. The summed E-state index contributed by atoms with van der Waals surface area (Å²) in [5, 5.41) is 10.2. The van der Waals surface area contributed by atoms with E-state index in [9.17, 15) is 14.0 Å². The second kappa shape index (κ2) is 11.2. The van der Waals surface area contributed by atoms with Gasteiger partial charge in [-0.2, -0.15) is 5.10 Å². The second-order valence-electron chi connectivity index (χ2n) is 11.5. The number of hydrogen-bond acceptors (Lipinski definition) is 6. The molecule has 1 fully saturated rings. The van der Waals surface area contributed by atoms with Crippen LogP contribution in [0.25, 0.3) is 43.7 Å². The van der Waals surface area contributed by atoms with Crippen molar-refractivity contribution in [2.75, 3.05) is 13.1 Å². The molecule has 8 nitrogen and oxygen atoms in total. The Kier molecular flexibility index (Phi) is 7.20. The van der Waals surface area contributed by atoms with Gasteiger partial charge in [0, 0.05) is 70.3 Å². The molecule has 3 aromatic heterocycles. The molecule has 2 aliphatic rings. The summed E-state index contributed by atoms with van der Waals surface area (Å²) in [6, 6.07) is 9.55. The van der Waals surface area contributed by atoms with E-state index in [1.165, 1.54) is 23.5 Å². The van der Waals surface area contributed by atoms with Gasteiger partial charge in [0.1, 0.15) is 17.4 Å². The first-order chi connectivity index (χ1) is 21.7. The molecule has 11 heteroatoms. The van der Waals surface area contributed by atoms with Gasteiger partial charge in [-0.25, -0.2) is 13.8 Å². The number of pyridine rings is 1. The largest absolute Gasteiger partial charge is 0.490 e. The van der Waals surface area contributed by atoms with E-state index in [4.69, 9.17) is 9.72 Å². The van der Waals surface area contributed by atoms with Crippen molar-refractivity contribution in [2.24, 2.45) is 0 Å². The molecule has 1 unspecified atom stereocenters. The van der Waals surface area contributed by atoms with Gasteiger partial charge >= 0.3 is 0 Å². The summed E-state index contributed by atoms with van der Waals surface area (Å²) < 4.78 is 39.0. The van der Waals surface area contributed by atoms with Crippen molar-refractivity contribution in [3.8, 4) is 39.4 Å². The van der Waals surface area contributed by atoms with E-state index >= 15 is 4.39 Å². The Labute approximate surface area is 262 Å². The average Bonchev–Trinajstić information content (AvgIpc) is 3.83. The summed E-state index contributed by atoms with van der Waals surface area (Å²) in [5.74, 6) is -1.66. The number of ether oxygens (including phenoxy) is 1. The van der Waals surface area contributed by atoms with Gasteiger partial charge in [-0.05, 0) is 55.5 Å². The summed E-state index contributed by atoms with van der Waals surface area (Å²) in [6.45, 7) is 8.70. The number of fused-ring (bicyclic) bond motifs is 2. The van der Waals surface area contributed by atoms with Crippen molar-refractivity contribution in [1.82, 2.24) is 25.0 Å². The maximum Gasteiger partial charge on any atom is 0.251 e. The predicted molar refractivity (Wildman–Crippen MR) is 169 cm³/mol. The number of rotatable bonds is 7. The number of thiophene rings is 1. The zero-order chi connectivity index (χ0) is 31.4. The Morgan fingerprint density at radius 3 is 2.80 bits per heavy atom. The summed E-state index contributed by atoms with van der Waals surface area (Å²) in [7, 11) is 0. The first-order valence-electron chi connectivity index (χ1n) is 14.7. The molecule has 1 saturated heterocycles. The fraction of sp³-hybridized carbons (Fsp3) is 0.235. The van der Waals surface area contributed by atoms with E-state index < -0.39 is 11.6 Å². The molecule has 1 atom stereocenters. The summed E-state index contributed by atoms with van der Waals surface area (Å²) >= 11 is 1.43. The summed E-state index contributed by atoms with van der Waals surface area (Å²) in [4.78, 5) is 31.4. The number of aromatic nitrogens is 3. The molecule has 1 N–H and O–H groups in total. The van der Waals surface area contributed by atoms with Crippen molar-refractivity contribution < 1.29 is 23.1 Å². The van der Waals surface area contributed by atoms with Crippen LogP contribution in [0.1, 0.15) is 42.2 Å². The van der Waals surface area contributed by atoms with E-state index in [-0.39, 0.29) is 35.3 Å². The lowest BCUT2D eigenvalue weighted by Crippen LogP contribution is -2.27. The zero-order valence-corrected chi connectivity index (χ0v) is 25.5. The van der Waals surface area contributed by atoms with Crippen LogP contribution in [-0.2, 0) is 11.3 Å².